The van der Waals surface area contributed by atoms with Crippen molar-refractivity contribution in [1.29, 1.82) is 0 Å². The third kappa shape index (κ3) is 4.05. The van der Waals surface area contributed by atoms with Crippen molar-refractivity contribution in [2.75, 3.05) is 6.54 Å². The summed E-state index contributed by atoms with van der Waals surface area (Å²) in [5.74, 6) is 0. The van der Waals surface area contributed by atoms with Crippen molar-refractivity contribution >= 4 is 5.69 Å². The zero-order valence-electron chi connectivity index (χ0n) is 8.51. The van der Waals surface area contributed by atoms with Crippen LogP contribution in [0.4, 0.5) is 5.69 Å². The van der Waals surface area contributed by atoms with Crippen molar-refractivity contribution in [3.63, 3.8) is 0 Å². The summed E-state index contributed by atoms with van der Waals surface area (Å²) in [5.41, 5.74) is 0.927. The lowest BCUT2D eigenvalue weighted by atomic mass is 10.2. The number of hydrogen-bond donors (Lipinski definition) is 2. The minimum atomic E-state index is -0.418. The Morgan fingerprint density at radius 2 is 2.33 bits per heavy atom. The highest BCUT2D eigenvalue weighted by Crippen LogP contribution is 2.12. The van der Waals surface area contributed by atoms with E-state index in [1.54, 1.807) is 13.0 Å². The minimum absolute atomic E-state index is 0.0892. The van der Waals surface area contributed by atoms with E-state index in [1.807, 2.05) is 6.07 Å². The van der Waals surface area contributed by atoms with Crippen molar-refractivity contribution in [3.8, 4) is 0 Å². The first-order valence-corrected chi connectivity index (χ1v) is 4.71. The predicted octanol–water partition coefficient (Wildman–Crippen LogP) is 1.07. The average molecular weight is 210 g/mol. The molecule has 0 spiro atoms. The first-order valence-electron chi connectivity index (χ1n) is 4.71. The topological polar surface area (TPSA) is 75.4 Å². The summed E-state index contributed by atoms with van der Waals surface area (Å²) in [6.07, 6.45) is -0.413. The highest BCUT2D eigenvalue weighted by atomic mass is 16.6. The van der Waals surface area contributed by atoms with Crippen LogP contribution < -0.4 is 5.32 Å². The number of aliphatic hydroxyl groups is 1. The molecule has 1 aromatic carbocycles. The van der Waals surface area contributed by atoms with Crippen LogP contribution in [-0.4, -0.2) is 22.7 Å². The Labute approximate surface area is 87.9 Å². The smallest absolute Gasteiger partial charge is 0.269 e. The van der Waals surface area contributed by atoms with Gasteiger partial charge in [0.1, 0.15) is 0 Å². The Kier molecular flexibility index (Phi) is 4.20. The Morgan fingerprint density at radius 1 is 1.60 bits per heavy atom. The summed E-state index contributed by atoms with van der Waals surface area (Å²) < 4.78 is 0. The van der Waals surface area contributed by atoms with E-state index in [1.165, 1.54) is 12.1 Å². The van der Waals surface area contributed by atoms with E-state index >= 15 is 0 Å². The second-order valence-corrected chi connectivity index (χ2v) is 3.41. The van der Waals surface area contributed by atoms with E-state index in [-0.39, 0.29) is 5.69 Å². The van der Waals surface area contributed by atoms with Crippen LogP contribution in [0.3, 0.4) is 0 Å². The molecule has 82 valence electrons. The molecule has 0 bridgehead atoms. The summed E-state index contributed by atoms with van der Waals surface area (Å²) in [5, 5.41) is 22.5. The lowest BCUT2D eigenvalue weighted by Crippen LogP contribution is -2.23. The molecule has 0 radical (unpaired) electrons. The molecule has 15 heavy (non-hydrogen) atoms. The van der Waals surface area contributed by atoms with E-state index in [0.717, 1.165) is 5.56 Å². The number of nitrogens with one attached hydrogen (secondary N) is 1. The Bertz CT molecular complexity index is 339. The van der Waals surface area contributed by atoms with Gasteiger partial charge >= 0.3 is 0 Å². The van der Waals surface area contributed by atoms with Crippen molar-refractivity contribution in [2.24, 2.45) is 0 Å². The van der Waals surface area contributed by atoms with Gasteiger partial charge in [0.25, 0.3) is 5.69 Å². The second kappa shape index (κ2) is 5.43. The molecule has 0 saturated carbocycles. The lowest BCUT2D eigenvalue weighted by molar-refractivity contribution is -0.384. The quantitative estimate of drug-likeness (QED) is 0.563. The van der Waals surface area contributed by atoms with Gasteiger partial charge in [-0.25, -0.2) is 0 Å². The molecule has 1 aromatic rings. The predicted molar refractivity (Wildman–Crippen MR) is 56.5 cm³/mol. The monoisotopic (exact) mass is 210 g/mol. The van der Waals surface area contributed by atoms with Crippen LogP contribution in [0.1, 0.15) is 12.5 Å². The molecule has 1 unspecified atom stereocenters. The maximum absolute atomic E-state index is 10.5. The molecule has 0 aliphatic rings. The molecule has 0 heterocycles. The average Bonchev–Trinajstić information content (AvgIpc) is 2.17. The largest absolute Gasteiger partial charge is 0.392 e. The standard InChI is InChI=1S/C10H14N2O3/c1-8(13)6-11-7-9-3-2-4-10(5-9)12(14)15/h2-5,8,11,13H,6-7H2,1H3. The molecule has 5 heteroatoms. The molecule has 0 aliphatic carbocycles. The van der Waals surface area contributed by atoms with Gasteiger partial charge in [0.05, 0.1) is 11.0 Å². The van der Waals surface area contributed by atoms with Crippen LogP contribution in [-0.2, 0) is 6.54 Å². The second-order valence-electron chi connectivity index (χ2n) is 3.41. The number of nitro benzene ring substituents is 1. The van der Waals surface area contributed by atoms with Crippen LogP contribution in [0.25, 0.3) is 0 Å². The molecule has 2 N–H and O–H groups in total. The lowest BCUT2D eigenvalue weighted by Gasteiger charge is -2.06. The molecule has 1 rings (SSSR count). The number of benzene rings is 1. The zero-order valence-corrected chi connectivity index (χ0v) is 8.51. The van der Waals surface area contributed by atoms with Gasteiger partial charge in [-0.2, -0.15) is 0 Å². The first kappa shape index (κ1) is 11.6. The van der Waals surface area contributed by atoms with Crippen molar-refractivity contribution in [1.82, 2.24) is 5.32 Å². The Hall–Kier alpha value is -1.46. The van der Waals surface area contributed by atoms with Gasteiger partial charge in [0, 0.05) is 25.2 Å². The summed E-state index contributed by atoms with van der Waals surface area (Å²) in [6.45, 7) is 2.68. The normalized spacial score (nSPS) is 12.4. The van der Waals surface area contributed by atoms with Gasteiger partial charge in [-0.15, -0.1) is 0 Å². The van der Waals surface area contributed by atoms with Gasteiger partial charge in [-0.3, -0.25) is 10.1 Å². The van der Waals surface area contributed by atoms with Gasteiger partial charge in [-0.05, 0) is 12.5 Å². The highest BCUT2D eigenvalue weighted by molar-refractivity contribution is 5.34. The summed E-state index contributed by atoms with van der Waals surface area (Å²) in [7, 11) is 0. The van der Waals surface area contributed by atoms with Crippen LogP contribution in [0.5, 0.6) is 0 Å². The molecule has 0 fully saturated rings. The molecule has 5 nitrogen and oxygen atoms in total. The SMILES string of the molecule is CC(O)CNCc1cccc([N+](=O)[O-])c1. The molecule has 0 aromatic heterocycles. The summed E-state index contributed by atoms with van der Waals surface area (Å²) in [6, 6.07) is 6.44. The van der Waals surface area contributed by atoms with Gasteiger partial charge in [0.2, 0.25) is 0 Å². The van der Waals surface area contributed by atoms with Crippen LogP contribution in [0.2, 0.25) is 0 Å². The van der Waals surface area contributed by atoms with Gasteiger partial charge in [-0.1, -0.05) is 12.1 Å². The first-order chi connectivity index (χ1) is 7.09. The van der Waals surface area contributed by atoms with Crippen LogP contribution in [0, 0.1) is 10.1 Å². The fourth-order valence-corrected chi connectivity index (χ4v) is 1.21. The Balaban J connectivity index is 2.54. The maximum Gasteiger partial charge on any atom is 0.269 e. The fraction of sp³-hybridized carbons (Fsp3) is 0.400. The fourth-order valence-electron chi connectivity index (χ4n) is 1.21. The third-order valence-electron chi connectivity index (χ3n) is 1.89. The van der Waals surface area contributed by atoms with E-state index in [9.17, 15) is 10.1 Å². The molecule has 0 amide bonds. The number of non-ortho nitro benzene ring substituents is 1. The van der Waals surface area contributed by atoms with E-state index in [0.29, 0.717) is 13.1 Å². The van der Waals surface area contributed by atoms with E-state index < -0.39 is 11.0 Å². The molecule has 0 saturated heterocycles. The molecular weight excluding hydrogens is 196 g/mol. The molecule has 0 aliphatic heterocycles. The zero-order chi connectivity index (χ0) is 11.3. The summed E-state index contributed by atoms with van der Waals surface area (Å²) in [4.78, 5) is 10.1. The van der Waals surface area contributed by atoms with Gasteiger partial charge < -0.3 is 10.4 Å². The minimum Gasteiger partial charge on any atom is -0.392 e. The number of hydrogen-bond acceptors (Lipinski definition) is 4. The van der Waals surface area contributed by atoms with E-state index in [2.05, 4.69) is 5.32 Å². The van der Waals surface area contributed by atoms with Crippen LogP contribution in [0.15, 0.2) is 24.3 Å². The van der Waals surface area contributed by atoms with Crippen molar-refractivity contribution in [2.45, 2.75) is 19.6 Å². The van der Waals surface area contributed by atoms with Crippen molar-refractivity contribution < 1.29 is 10.0 Å². The highest BCUT2D eigenvalue weighted by Gasteiger charge is 2.05. The van der Waals surface area contributed by atoms with Gasteiger partial charge in [0.15, 0.2) is 0 Å². The number of nitro groups is 1. The van der Waals surface area contributed by atoms with Crippen molar-refractivity contribution in [3.05, 3.63) is 39.9 Å². The molecule has 1 atom stereocenters. The molecular formula is C10H14N2O3. The number of rotatable bonds is 5. The maximum atomic E-state index is 10.5. The van der Waals surface area contributed by atoms with E-state index in [4.69, 9.17) is 5.11 Å². The Morgan fingerprint density at radius 3 is 2.93 bits per heavy atom. The van der Waals surface area contributed by atoms with Crippen LogP contribution >= 0.6 is 0 Å². The number of nitrogens with zero attached hydrogens (tertiary/aromatic N) is 1. The number of aliphatic hydroxyl groups excluding tert-OH is 1. The summed E-state index contributed by atoms with van der Waals surface area (Å²) >= 11 is 0. The third-order valence-corrected chi connectivity index (χ3v) is 1.89.